The Labute approximate surface area is 152 Å². The highest BCUT2D eigenvalue weighted by molar-refractivity contribution is 9.08. The first kappa shape index (κ1) is 19.1. The van der Waals surface area contributed by atoms with Gasteiger partial charge in [0.05, 0.1) is 11.8 Å². The Balaban J connectivity index is 0.000000181. The quantitative estimate of drug-likeness (QED) is 0.567. The summed E-state index contributed by atoms with van der Waals surface area (Å²) in [6, 6.07) is 15.3. The van der Waals surface area contributed by atoms with E-state index >= 15 is 0 Å². The van der Waals surface area contributed by atoms with E-state index in [1.807, 2.05) is 18.2 Å². The van der Waals surface area contributed by atoms with Crippen LogP contribution in [0.15, 0.2) is 67.0 Å². The summed E-state index contributed by atoms with van der Waals surface area (Å²) in [5.74, 6) is 0.758. The van der Waals surface area contributed by atoms with Gasteiger partial charge in [-0.05, 0) is 17.2 Å². The first-order chi connectivity index (χ1) is 12.0. The van der Waals surface area contributed by atoms with Crippen molar-refractivity contribution in [2.24, 2.45) is 0 Å². The fraction of sp³-hybridized carbons (Fsp3) is 0.167. The molecular weight excluding hydrogens is 395 g/mol. The summed E-state index contributed by atoms with van der Waals surface area (Å²) in [7, 11) is 0. The summed E-state index contributed by atoms with van der Waals surface area (Å²) in [5.41, 5.74) is 1.24. The highest BCUT2D eigenvalue weighted by Gasteiger charge is 2.30. The molecule has 0 aliphatic rings. The van der Waals surface area contributed by atoms with Crippen molar-refractivity contribution >= 4 is 15.9 Å². The van der Waals surface area contributed by atoms with E-state index in [1.54, 1.807) is 18.5 Å². The smallest absolute Gasteiger partial charge is 0.237 e. The third kappa shape index (κ3) is 6.62. The van der Waals surface area contributed by atoms with Gasteiger partial charge in [-0.3, -0.25) is 0 Å². The molecule has 0 amide bonds. The number of halogens is 4. The van der Waals surface area contributed by atoms with Crippen LogP contribution in [0.5, 0.6) is 0 Å². The van der Waals surface area contributed by atoms with Gasteiger partial charge in [0.15, 0.2) is 5.82 Å². The molecular formula is C18H15BrF3N3. The lowest BCUT2D eigenvalue weighted by Gasteiger charge is -2.06. The maximum atomic E-state index is 12.1. The van der Waals surface area contributed by atoms with E-state index in [1.165, 1.54) is 11.6 Å². The summed E-state index contributed by atoms with van der Waals surface area (Å²) in [4.78, 5) is 4.10. The average molecular weight is 410 g/mol. The fourth-order valence-electron chi connectivity index (χ4n) is 1.97. The van der Waals surface area contributed by atoms with Crippen molar-refractivity contribution in [3.05, 3.63) is 89.5 Å². The van der Waals surface area contributed by atoms with Crippen LogP contribution in [0.4, 0.5) is 13.2 Å². The Morgan fingerprint density at radius 3 is 2.20 bits per heavy atom. The minimum absolute atomic E-state index is 0.441. The largest absolute Gasteiger partial charge is 0.416 e. The molecule has 1 heterocycles. The number of benzene rings is 2. The first-order valence-corrected chi connectivity index (χ1v) is 8.50. The second-order valence-electron chi connectivity index (χ2n) is 5.05. The second-order valence-corrected chi connectivity index (χ2v) is 5.61. The van der Waals surface area contributed by atoms with Gasteiger partial charge in [-0.15, -0.1) is 5.10 Å². The summed E-state index contributed by atoms with van der Waals surface area (Å²) < 4.78 is 36.3. The molecule has 0 saturated heterocycles. The Morgan fingerprint density at radius 1 is 0.880 bits per heavy atom. The Bertz CT molecular complexity index is 728. The van der Waals surface area contributed by atoms with Gasteiger partial charge in [-0.2, -0.15) is 18.3 Å². The third-order valence-corrected chi connectivity index (χ3v) is 3.79. The van der Waals surface area contributed by atoms with Crippen LogP contribution in [0.1, 0.15) is 22.5 Å². The average Bonchev–Trinajstić information content (AvgIpc) is 2.63. The van der Waals surface area contributed by atoms with Crippen molar-refractivity contribution < 1.29 is 13.2 Å². The zero-order valence-corrected chi connectivity index (χ0v) is 14.7. The molecule has 0 fully saturated rings. The highest BCUT2D eigenvalue weighted by Crippen LogP contribution is 2.29. The summed E-state index contributed by atoms with van der Waals surface area (Å²) in [6.07, 6.45) is -0.257. The minimum atomic E-state index is -4.24. The van der Waals surface area contributed by atoms with Crippen LogP contribution < -0.4 is 0 Å². The van der Waals surface area contributed by atoms with Gasteiger partial charge in [-0.1, -0.05) is 64.5 Å². The predicted octanol–water partition coefficient (Wildman–Crippen LogP) is 5.06. The van der Waals surface area contributed by atoms with E-state index in [4.69, 9.17) is 0 Å². The fourth-order valence-corrected chi connectivity index (χ4v) is 2.31. The lowest BCUT2D eigenvalue weighted by molar-refractivity contribution is -0.137. The van der Waals surface area contributed by atoms with Crippen molar-refractivity contribution in [2.45, 2.75) is 17.9 Å². The molecule has 0 saturated carbocycles. The van der Waals surface area contributed by atoms with Gasteiger partial charge in [0.25, 0.3) is 0 Å². The van der Waals surface area contributed by atoms with E-state index in [2.05, 4.69) is 43.2 Å². The Kier molecular flexibility index (Phi) is 7.06. The summed E-state index contributed by atoms with van der Waals surface area (Å²) in [5, 5.41) is 8.12. The number of alkyl halides is 4. The van der Waals surface area contributed by atoms with Gasteiger partial charge < -0.3 is 0 Å². The summed E-state index contributed by atoms with van der Waals surface area (Å²) in [6.45, 7) is 0. The maximum absolute atomic E-state index is 12.1. The Morgan fingerprint density at radius 2 is 1.60 bits per heavy atom. The summed E-state index contributed by atoms with van der Waals surface area (Å²) >= 11 is 3.09. The van der Waals surface area contributed by atoms with Crippen molar-refractivity contribution in [1.29, 1.82) is 0 Å². The number of hydrogen-bond acceptors (Lipinski definition) is 3. The molecule has 0 atom stereocenters. The van der Waals surface area contributed by atoms with Crippen LogP contribution in [-0.2, 0) is 17.9 Å². The van der Waals surface area contributed by atoms with E-state index in [0.717, 1.165) is 24.4 Å². The molecule has 0 aliphatic carbocycles. The standard InChI is InChI=1S/C10H9N3.C8H6BrF3/c1-2-4-9(5-3-1)8-10-11-6-7-12-13-10;9-5-6-2-1-3-7(4-6)8(10,11)12/h1-7H,8H2;1-4H,5H2. The molecule has 0 unspecified atom stereocenters. The van der Waals surface area contributed by atoms with Crippen LogP contribution in [0, 0.1) is 0 Å². The van der Waals surface area contributed by atoms with E-state index in [0.29, 0.717) is 10.9 Å². The van der Waals surface area contributed by atoms with Crippen LogP contribution >= 0.6 is 15.9 Å². The number of nitrogens with zero attached hydrogens (tertiary/aromatic N) is 3. The van der Waals surface area contributed by atoms with Crippen molar-refractivity contribution in [3.63, 3.8) is 0 Å². The van der Waals surface area contributed by atoms with Gasteiger partial charge in [0.1, 0.15) is 0 Å². The van der Waals surface area contributed by atoms with Crippen molar-refractivity contribution in [2.75, 3.05) is 0 Å². The molecule has 25 heavy (non-hydrogen) atoms. The lowest BCUT2D eigenvalue weighted by atomic mass is 10.1. The number of hydrogen-bond donors (Lipinski definition) is 0. The molecule has 1 aromatic heterocycles. The van der Waals surface area contributed by atoms with E-state index in [-0.39, 0.29) is 0 Å². The highest BCUT2D eigenvalue weighted by atomic mass is 79.9. The van der Waals surface area contributed by atoms with E-state index in [9.17, 15) is 13.2 Å². The van der Waals surface area contributed by atoms with Crippen LogP contribution in [0.2, 0.25) is 0 Å². The molecule has 7 heteroatoms. The molecule has 2 aromatic carbocycles. The molecule has 0 radical (unpaired) electrons. The van der Waals surface area contributed by atoms with Crippen LogP contribution in [0.25, 0.3) is 0 Å². The predicted molar refractivity (Wildman–Crippen MR) is 93.2 cm³/mol. The minimum Gasteiger partial charge on any atom is -0.237 e. The van der Waals surface area contributed by atoms with Gasteiger partial charge >= 0.3 is 6.18 Å². The molecule has 3 rings (SSSR count). The number of rotatable bonds is 3. The Hall–Kier alpha value is -2.28. The first-order valence-electron chi connectivity index (χ1n) is 7.37. The zero-order chi connectivity index (χ0) is 18.1. The van der Waals surface area contributed by atoms with Crippen molar-refractivity contribution in [1.82, 2.24) is 15.2 Å². The molecule has 3 nitrogen and oxygen atoms in total. The van der Waals surface area contributed by atoms with Crippen molar-refractivity contribution in [3.8, 4) is 0 Å². The number of aromatic nitrogens is 3. The molecule has 0 spiro atoms. The van der Waals surface area contributed by atoms with Crippen LogP contribution in [-0.4, -0.2) is 15.2 Å². The SMILES string of the molecule is FC(F)(F)c1cccc(CBr)c1.c1ccc(Cc2nccnn2)cc1. The normalized spacial score (nSPS) is 10.7. The molecule has 3 aromatic rings. The topological polar surface area (TPSA) is 38.7 Å². The lowest BCUT2D eigenvalue weighted by Crippen LogP contribution is -2.04. The monoisotopic (exact) mass is 409 g/mol. The molecule has 0 aliphatic heterocycles. The van der Waals surface area contributed by atoms with Gasteiger partial charge in [0.2, 0.25) is 0 Å². The molecule has 0 bridgehead atoms. The van der Waals surface area contributed by atoms with Gasteiger partial charge in [-0.25, -0.2) is 4.98 Å². The van der Waals surface area contributed by atoms with E-state index < -0.39 is 11.7 Å². The second kappa shape index (κ2) is 9.27. The molecule has 0 N–H and O–H groups in total. The van der Waals surface area contributed by atoms with Gasteiger partial charge in [0, 0.05) is 17.9 Å². The third-order valence-electron chi connectivity index (χ3n) is 3.14. The zero-order valence-electron chi connectivity index (χ0n) is 13.1. The maximum Gasteiger partial charge on any atom is 0.416 e. The van der Waals surface area contributed by atoms with Crippen LogP contribution in [0.3, 0.4) is 0 Å². The molecule has 130 valence electrons.